The number of hydrogen-bond donors (Lipinski definition) is 0. The van der Waals surface area contributed by atoms with Crippen LogP contribution in [0.4, 0.5) is 0 Å². The van der Waals surface area contributed by atoms with Crippen LogP contribution in [0.3, 0.4) is 0 Å². The molecule has 0 heterocycles. The first-order valence-electron chi connectivity index (χ1n) is 7.64. The van der Waals surface area contributed by atoms with Crippen LogP contribution in [0.15, 0.2) is 23.3 Å². The minimum atomic E-state index is -0.572. The van der Waals surface area contributed by atoms with E-state index in [9.17, 15) is 14.4 Å². The zero-order valence-electron chi connectivity index (χ0n) is 13.4. The van der Waals surface area contributed by atoms with Crippen molar-refractivity contribution in [2.75, 3.05) is 0 Å². The van der Waals surface area contributed by atoms with Crippen molar-refractivity contribution >= 4 is 17.3 Å². The number of Topliss-reactive ketones (excluding diaryl/α,β-unsaturated/α-hetero) is 2. The Kier molecular flexibility index (Phi) is 4.05. The van der Waals surface area contributed by atoms with Crippen molar-refractivity contribution in [2.45, 2.75) is 59.8 Å². The van der Waals surface area contributed by atoms with E-state index in [1.807, 2.05) is 27.7 Å². The van der Waals surface area contributed by atoms with Gasteiger partial charge in [-0.05, 0) is 46.6 Å². The highest BCUT2D eigenvalue weighted by Crippen LogP contribution is 2.42. The highest BCUT2D eigenvalue weighted by atomic mass is 16.1. The summed E-state index contributed by atoms with van der Waals surface area (Å²) in [4.78, 5) is 36.2. The SMILES string of the molecule is CC1=C(CC(=O)C2(C)C=CC(=O)CC2)C(C)(C)C(=O)CC1. The van der Waals surface area contributed by atoms with Crippen molar-refractivity contribution in [3.8, 4) is 0 Å². The maximum atomic E-state index is 12.7. The number of carbonyl (C=O) groups excluding carboxylic acids is 3. The van der Waals surface area contributed by atoms with Gasteiger partial charge in [0, 0.05) is 30.1 Å². The molecule has 2 rings (SSSR count). The molecule has 0 radical (unpaired) electrons. The Hall–Kier alpha value is -1.51. The molecular formula is C18H24O3. The van der Waals surface area contributed by atoms with Gasteiger partial charge in [0.2, 0.25) is 0 Å². The largest absolute Gasteiger partial charge is 0.299 e. The van der Waals surface area contributed by atoms with Crippen molar-refractivity contribution in [2.24, 2.45) is 10.8 Å². The van der Waals surface area contributed by atoms with Gasteiger partial charge in [0.15, 0.2) is 5.78 Å². The van der Waals surface area contributed by atoms with E-state index in [-0.39, 0.29) is 17.3 Å². The summed E-state index contributed by atoms with van der Waals surface area (Å²) in [5, 5.41) is 0. The number of rotatable bonds is 3. The first-order valence-corrected chi connectivity index (χ1v) is 7.64. The summed E-state index contributed by atoms with van der Waals surface area (Å²) in [5.74, 6) is 0.419. The van der Waals surface area contributed by atoms with Crippen LogP contribution in [0.1, 0.15) is 59.8 Å². The Balaban J connectivity index is 2.25. The Morgan fingerprint density at radius 3 is 2.38 bits per heavy atom. The van der Waals surface area contributed by atoms with Gasteiger partial charge < -0.3 is 0 Å². The molecule has 114 valence electrons. The number of hydrogen-bond acceptors (Lipinski definition) is 3. The molecule has 2 aliphatic rings. The molecule has 1 atom stereocenters. The third-order valence-electron chi connectivity index (χ3n) is 5.20. The first-order chi connectivity index (χ1) is 9.67. The summed E-state index contributed by atoms with van der Waals surface area (Å²) in [7, 11) is 0. The van der Waals surface area contributed by atoms with Gasteiger partial charge in [-0.1, -0.05) is 17.2 Å². The van der Waals surface area contributed by atoms with Crippen LogP contribution in [0.2, 0.25) is 0 Å². The molecule has 0 spiro atoms. The Morgan fingerprint density at radius 2 is 1.81 bits per heavy atom. The Morgan fingerprint density at radius 1 is 1.14 bits per heavy atom. The van der Waals surface area contributed by atoms with Gasteiger partial charge >= 0.3 is 0 Å². The minimum absolute atomic E-state index is 0.0869. The smallest absolute Gasteiger partial charge is 0.155 e. The lowest BCUT2D eigenvalue weighted by atomic mass is 9.67. The molecule has 0 aromatic heterocycles. The highest BCUT2D eigenvalue weighted by molar-refractivity contribution is 5.97. The molecule has 1 unspecified atom stereocenters. The van der Waals surface area contributed by atoms with Crippen molar-refractivity contribution < 1.29 is 14.4 Å². The summed E-state index contributed by atoms with van der Waals surface area (Å²) in [5.41, 5.74) is 1.04. The first kappa shape index (κ1) is 15.9. The number of carbonyl (C=O) groups is 3. The van der Waals surface area contributed by atoms with Crippen LogP contribution in [0.25, 0.3) is 0 Å². The summed E-state index contributed by atoms with van der Waals surface area (Å²) >= 11 is 0. The number of allylic oxidation sites excluding steroid dienone is 4. The molecule has 0 fully saturated rings. The topological polar surface area (TPSA) is 51.2 Å². The second kappa shape index (κ2) is 5.36. The van der Waals surface area contributed by atoms with E-state index >= 15 is 0 Å². The van der Waals surface area contributed by atoms with E-state index in [0.717, 1.165) is 12.0 Å². The Labute approximate surface area is 126 Å². The van der Waals surface area contributed by atoms with E-state index in [1.165, 1.54) is 11.6 Å². The molecular weight excluding hydrogens is 264 g/mol. The molecule has 0 aromatic rings. The van der Waals surface area contributed by atoms with Crippen LogP contribution in [0, 0.1) is 10.8 Å². The lowest BCUT2D eigenvalue weighted by Gasteiger charge is -2.35. The fourth-order valence-corrected chi connectivity index (χ4v) is 3.26. The second-order valence-corrected chi connectivity index (χ2v) is 7.12. The molecule has 21 heavy (non-hydrogen) atoms. The van der Waals surface area contributed by atoms with Crippen molar-refractivity contribution in [3.63, 3.8) is 0 Å². The number of ketones is 3. The van der Waals surface area contributed by atoms with Gasteiger partial charge in [-0.2, -0.15) is 0 Å². The fraction of sp³-hybridized carbons (Fsp3) is 0.611. The zero-order valence-corrected chi connectivity index (χ0v) is 13.4. The van der Waals surface area contributed by atoms with Gasteiger partial charge in [-0.25, -0.2) is 0 Å². The van der Waals surface area contributed by atoms with Gasteiger partial charge in [0.05, 0.1) is 0 Å². The fourth-order valence-electron chi connectivity index (χ4n) is 3.26. The molecule has 2 aliphatic carbocycles. The molecule has 0 saturated heterocycles. The monoisotopic (exact) mass is 288 g/mol. The third-order valence-corrected chi connectivity index (χ3v) is 5.20. The molecule has 3 heteroatoms. The average Bonchev–Trinajstić information content (AvgIpc) is 2.43. The zero-order chi connectivity index (χ0) is 15.8. The minimum Gasteiger partial charge on any atom is -0.299 e. The van der Waals surface area contributed by atoms with E-state index < -0.39 is 10.8 Å². The third kappa shape index (κ3) is 2.92. The summed E-state index contributed by atoms with van der Waals surface area (Å²) in [6.45, 7) is 7.76. The Bertz CT molecular complexity index is 563. The normalized spacial score (nSPS) is 29.0. The molecule has 0 N–H and O–H groups in total. The summed E-state index contributed by atoms with van der Waals surface area (Å²) < 4.78 is 0. The average molecular weight is 288 g/mol. The van der Waals surface area contributed by atoms with E-state index in [4.69, 9.17) is 0 Å². The lowest BCUT2D eigenvalue weighted by Crippen LogP contribution is -2.35. The quantitative estimate of drug-likeness (QED) is 0.746. The molecule has 3 nitrogen and oxygen atoms in total. The lowest BCUT2D eigenvalue weighted by molar-refractivity contribution is -0.127. The van der Waals surface area contributed by atoms with E-state index in [0.29, 0.717) is 25.7 Å². The maximum absolute atomic E-state index is 12.7. The van der Waals surface area contributed by atoms with Gasteiger partial charge in [0.25, 0.3) is 0 Å². The van der Waals surface area contributed by atoms with Crippen molar-refractivity contribution in [3.05, 3.63) is 23.3 Å². The van der Waals surface area contributed by atoms with Gasteiger partial charge in [-0.15, -0.1) is 0 Å². The van der Waals surface area contributed by atoms with Crippen LogP contribution in [-0.2, 0) is 14.4 Å². The predicted molar refractivity (Wildman–Crippen MR) is 81.8 cm³/mol. The highest BCUT2D eigenvalue weighted by Gasteiger charge is 2.40. The summed E-state index contributed by atoms with van der Waals surface area (Å²) in [6, 6.07) is 0. The van der Waals surface area contributed by atoms with Gasteiger partial charge in [-0.3, -0.25) is 14.4 Å². The van der Waals surface area contributed by atoms with Crippen LogP contribution >= 0.6 is 0 Å². The second-order valence-electron chi connectivity index (χ2n) is 7.12. The molecule has 0 amide bonds. The summed E-state index contributed by atoms with van der Waals surface area (Å²) in [6.07, 6.45) is 5.92. The predicted octanol–water partition coefficient (Wildman–Crippen LogP) is 3.58. The van der Waals surface area contributed by atoms with E-state index in [2.05, 4.69) is 0 Å². The molecule has 0 aromatic carbocycles. The van der Waals surface area contributed by atoms with Crippen molar-refractivity contribution in [1.29, 1.82) is 0 Å². The molecule has 0 bridgehead atoms. The van der Waals surface area contributed by atoms with Gasteiger partial charge in [0.1, 0.15) is 11.6 Å². The van der Waals surface area contributed by atoms with Crippen LogP contribution < -0.4 is 0 Å². The van der Waals surface area contributed by atoms with Crippen LogP contribution in [0.5, 0.6) is 0 Å². The molecule has 0 aliphatic heterocycles. The molecule has 0 saturated carbocycles. The van der Waals surface area contributed by atoms with Crippen LogP contribution in [-0.4, -0.2) is 17.3 Å². The van der Waals surface area contributed by atoms with E-state index in [1.54, 1.807) is 6.08 Å². The maximum Gasteiger partial charge on any atom is 0.155 e. The standard InChI is InChI=1S/C18H24O3/c1-12-5-6-15(20)17(2,3)14(12)11-16(21)18(4)9-7-13(19)8-10-18/h7,9H,5-6,8,10-11H2,1-4H3. The van der Waals surface area contributed by atoms with Crippen molar-refractivity contribution in [1.82, 2.24) is 0 Å².